The number of hydrogen-bond acceptors (Lipinski definition) is 5. The molecule has 0 N–H and O–H groups in total. The third-order valence-corrected chi connectivity index (χ3v) is 5.33. The van der Waals surface area contributed by atoms with E-state index in [4.69, 9.17) is 13.9 Å². The van der Waals surface area contributed by atoms with Crippen molar-refractivity contribution in [3.8, 4) is 5.88 Å². The number of pyridine rings is 1. The van der Waals surface area contributed by atoms with E-state index < -0.39 is 0 Å². The lowest BCUT2D eigenvalue weighted by Gasteiger charge is -2.38. The van der Waals surface area contributed by atoms with E-state index in [0.29, 0.717) is 36.9 Å². The Bertz CT molecular complexity index is 778. The number of hydrogen-bond donors (Lipinski definition) is 0. The third kappa shape index (κ3) is 3.33. The van der Waals surface area contributed by atoms with Gasteiger partial charge in [-0.2, -0.15) is 0 Å². The van der Waals surface area contributed by atoms with Gasteiger partial charge in [0, 0.05) is 31.8 Å². The Labute approximate surface area is 153 Å². The number of likely N-dealkylation sites (tertiary alicyclic amines) is 1. The van der Waals surface area contributed by atoms with Gasteiger partial charge in [-0.15, -0.1) is 0 Å². The van der Waals surface area contributed by atoms with Crippen LogP contribution in [0.2, 0.25) is 0 Å². The molecule has 4 rings (SSSR count). The number of aromatic nitrogens is 1. The maximum atomic E-state index is 12.7. The standard InChI is InChI=1S/C20H24N2O4/c1-14-11-17(15(2)25-14)19(23)22-9-6-20(7-10-22)12-16(13-24-20)26-18-5-3-4-8-21-18/h3-5,8,11,16H,6-7,9-10,12-13H2,1-2H3/t16-/m1/s1. The van der Waals surface area contributed by atoms with Crippen LogP contribution in [0.1, 0.15) is 41.1 Å². The van der Waals surface area contributed by atoms with Crippen molar-refractivity contribution in [2.45, 2.75) is 44.8 Å². The normalized spacial score (nSPS) is 21.9. The number of nitrogens with zero attached hydrogens (tertiary/aromatic N) is 2. The van der Waals surface area contributed by atoms with Gasteiger partial charge in [0.2, 0.25) is 5.88 Å². The summed E-state index contributed by atoms with van der Waals surface area (Å²) in [7, 11) is 0. The van der Waals surface area contributed by atoms with Crippen LogP contribution >= 0.6 is 0 Å². The second-order valence-corrected chi connectivity index (χ2v) is 7.23. The number of piperidine rings is 1. The first kappa shape index (κ1) is 17.1. The average Bonchev–Trinajstić information content (AvgIpc) is 3.18. The van der Waals surface area contributed by atoms with E-state index in [1.807, 2.05) is 43.0 Å². The van der Waals surface area contributed by atoms with E-state index in [1.54, 1.807) is 6.20 Å². The topological polar surface area (TPSA) is 64.8 Å². The highest BCUT2D eigenvalue weighted by Crippen LogP contribution is 2.37. The van der Waals surface area contributed by atoms with Crippen molar-refractivity contribution in [2.75, 3.05) is 19.7 Å². The summed E-state index contributed by atoms with van der Waals surface area (Å²) in [6.07, 6.45) is 4.25. The number of rotatable bonds is 3. The number of carbonyl (C=O) groups excluding carboxylic acids is 1. The molecule has 6 nitrogen and oxygen atoms in total. The highest BCUT2D eigenvalue weighted by atomic mass is 16.6. The smallest absolute Gasteiger partial charge is 0.257 e. The number of furan rings is 1. The lowest BCUT2D eigenvalue weighted by Crippen LogP contribution is -2.46. The van der Waals surface area contributed by atoms with Crippen LogP contribution in [0, 0.1) is 13.8 Å². The fraction of sp³-hybridized carbons (Fsp3) is 0.500. The summed E-state index contributed by atoms with van der Waals surface area (Å²) >= 11 is 0. The highest BCUT2D eigenvalue weighted by Gasteiger charge is 2.44. The summed E-state index contributed by atoms with van der Waals surface area (Å²) in [4.78, 5) is 18.9. The maximum absolute atomic E-state index is 12.7. The molecule has 2 aliphatic rings. The summed E-state index contributed by atoms with van der Waals surface area (Å²) in [5.74, 6) is 2.15. The molecule has 1 spiro atoms. The van der Waals surface area contributed by atoms with Gasteiger partial charge in [-0.1, -0.05) is 6.07 Å². The molecule has 26 heavy (non-hydrogen) atoms. The molecule has 4 heterocycles. The third-order valence-electron chi connectivity index (χ3n) is 5.33. The lowest BCUT2D eigenvalue weighted by atomic mass is 9.87. The van der Waals surface area contributed by atoms with Crippen molar-refractivity contribution in [3.63, 3.8) is 0 Å². The van der Waals surface area contributed by atoms with Gasteiger partial charge in [-0.3, -0.25) is 4.79 Å². The molecule has 1 amide bonds. The van der Waals surface area contributed by atoms with E-state index >= 15 is 0 Å². The minimum Gasteiger partial charge on any atom is -0.472 e. The van der Waals surface area contributed by atoms with Crippen molar-refractivity contribution in [1.82, 2.24) is 9.88 Å². The van der Waals surface area contributed by atoms with Crippen LogP contribution in [0.4, 0.5) is 0 Å². The first-order valence-corrected chi connectivity index (χ1v) is 9.13. The monoisotopic (exact) mass is 356 g/mol. The molecular weight excluding hydrogens is 332 g/mol. The highest BCUT2D eigenvalue weighted by molar-refractivity contribution is 5.95. The molecular formula is C20H24N2O4. The minimum atomic E-state index is -0.183. The molecule has 0 aliphatic carbocycles. The molecule has 0 unspecified atom stereocenters. The number of carbonyl (C=O) groups is 1. The molecule has 2 aromatic heterocycles. The van der Waals surface area contributed by atoms with Gasteiger partial charge in [0.05, 0.1) is 17.8 Å². The van der Waals surface area contributed by atoms with Gasteiger partial charge in [-0.25, -0.2) is 4.98 Å². The van der Waals surface area contributed by atoms with Gasteiger partial charge in [-0.05, 0) is 38.8 Å². The van der Waals surface area contributed by atoms with Gasteiger partial charge >= 0.3 is 0 Å². The van der Waals surface area contributed by atoms with Gasteiger partial charge in [0.1, 0.15) is 17.6 Å². The zero-order chi connectivity index (χ0) is 18.1. The summed E-state index contributed by atoms with van der Waals surface area (Å²) < 4.78 is 17.6. The lowest BCUT2D eigenvalue weighted by molar-refractivity contribution is -0.0396. The maximum Gasteiger partial charge on any atom is 0.257 e. The van der Waals surface area contributed by atoms with E-state index in [1.165, 1.54) is 0 Å². The van der Waals surface area contributed by atoms with Crippen LogP contribution in [-0.2, 0) is 4.74 Å². The Balaban J connectivity index is 1.35. The minimum absolute atomic E-state index is 0.0194. The SMILES string of the molecule is Cc1cc(C(=O)N2CCC3(CC2)C[C@@H](Oc2ccccn2)CO3)c(C)o1. The van der Waals surface area contributed by atoms with Crippen molar-refractivity contribution < 1.29 is 18.7 Å². The number of amides is 1. The average molecular weight is 356 g/mol. The molecule has 2 aromatic rings. The summed E-state index contributed by atoms with van der Waals surface area (Å²) in [6.45, 7) is 5.66. The molecule has 2 saturated heterocycles. The van der Waals surface area contributed by atoms with Crippen molar-refractivity contribution in [1.29, 1.82) is 0 Å². The van der Waals surface area contributed by atoms with Gasteiger partial charge in [0.25, 0.3) is 5.91 Å². The largest absolute Gasteiger partial charge is 0.472 e. The van der Waals surface area contributed by atoms with Crippen LogP contribution in [0.25, 0.3) is 0 Å². The molecule has 6 heteroatoms. The fourth-order valence-corrected chi connectivity index (χ4v) is 3.95. The number of aryl methyl sites for hydroxylation is 2. The second-order valence-electron chi connectivity index (χ2n) is 7.23. The van der Waals surface area contributed by atoms with Crippen molar-refractivity contribution >= 4 is 5.91 Å². The van der Waals surface area contributed by atoms with Crippen molar-refractivity contribution in [2.24, 2.45) is 0 Å². The number of ether oxygens (including phenoxy) is 2. The zero-order valence-corrected chi connectivity index (χ0v) is 15.2. The zero-order valence-electron chi connectivity index (χ0n) is 15.2. The molecule has 0 radical (unpaired) electrons. The summed E-state index contributed by atoms with van der Waals surface area (Å²) in [6, 6.07) is 7.47. The summed E-state index contributed by atoms with van der Waals surface area (Å²) in [5, 5.41) is 0. The van der Waals surface area contributed by atoms with Gasteiger partial charge < -0.3 is 18.8 Å². The van der Waals surface area contributed by atoms with Gasteiger partial charge in [0.15, 0.2) is 0 Å². The van der Waals surface area contributed by atoms with E-state index in [9.17, 15) is 4.79 Å². The second kappa shape index (κ2) is 6.76. The molecule has 1 atom stereocenters. The van der Waals surface area contributed by atoms with Crippen molar-refractivity contribution in [3.05, 3.63) is 47.5 Å². The molecule has 0 saturated carbocycles. The Hall–Kier alpha value is -2.34. The van der Waals surface area contributed by atoms with Crippen LogP contribution < -0.4 is 4.74 Å². The Morgan fingerprint density at radius 2 is 2.12 bits per heavy atom. The van der Waals surface area contributed by atoms with Crippen LogP contribution in [-0.4, -0.2) is 47.2 Å². The molecule has 2 fully saturated rings. The van der Waals surface area contributed by atoms with E-state index in [-0.39, 0.29) is 17.6 Å². The summed E-state index contributed by atoms with van der Waals surface area (Å²) in [5.41, 5.74) is 0.486. The first-order chi connectivity index (χ1) is 12.5. The first-order valence-electron chi connectivity index (χ1n) is 9.13. The Kier molecular flexibility index (Phi) is 4.44. The Morgan fingerprint density at radius 1 is 1.31 bits per heavy atom. The van der Waals surface area contributed by atoms with Crippen LogP contribution in [0.5, 0.6) is 5.88 Å². The Morgan fingerprint density at radius 3 is 2.77 bits per heavy atom. The molecule has 2 aliphatic heterocycles. The van der Waals surface area contributed by atoms with E-state index in [2.05, 4.69) is 4.98 Å². The predicted molar refractivity (Wildman–Crippen MR) is 95.3 cm³/mol. The predicted octanol–water partition coefficient (Wildman–Crippen LogP) is 3.13. The quantitative estimate of drug-likeness (QED) is 0.845. The van der Waals surface area contributed by atoms with Crippen LogP contribution in [0.3, 0.4) is 0 Å². The molecule has 0 bridgehead atoms. The molecule has 138 valence electrons. The van der Waals surface area contributed by atoms with Crippen LogP contribution in [0.15, 0.2) is 34.9 Å². The fourth-order valence-electron chi connectivity index (χ4n) is 3.95. The van der Waals surface area contributed by atoms with E-state index in [0.717, 1.165) is 25.0 Å². The molecule has 0 aromatic carbocycles.